The summed E-state index contributed by atoms with van der Waals surface area (Å²) in [6.07, 6.45) is 5.49. The molecule has 0 atom stereocenters. The Kier molecular flexibility index (Phi) is 7.10. The van der Waals surface area contributed by atoms with E-state index in [0.717, 1.165) is 17.4 Å². The fourth-order valence-electron chi connectivity index (χ4n) is 3.08. The largest absolute Gasteiger partial charge is 0.493 e. The van der Waals surface area contributed by atoms with Gasteiger partial charge < -0.3 is 18.8 Å². The number of terminal acetylenes is 1. The summed E-state index contributed by atoms with van der Waals surface area (Å²) in [5.41, 5.74) is 0.247. The van der Waals surface area contributed by atoms with Gasteiger partial charge in [-0.25, -0.2) is 4.79 Å². The molecule has 33 heavy (non-hydrogen) atoms. The van der Waals surface area contributed by atoms with E-state index in [9.17, 15) is 19.7 Å². The molecule has 0 spiro atoms. The zero-order valence-electron chi connectivity index (χ0n) is 18.0. The van der Waals surface area contributed by atoms with Crippen molar-refractivity contribution in [3.05, 3.63) is 56.4 Å². The first-order valence-electron chi connectivity index (χ1n) is 9.58. The van der Waals surface area contributed by atoms with E-state index in [0.29, 0.717) is 15.8 Å². The van der Waals surface area contributed by atoms with Gasteiger partial charge >= 0.3 is 5.97 Å². The number of thiazole rings is 1. The molecule has 170 valence electrons. The SMILES string of the molecule is C#CCn1c(=NC(=O)c2cc(OC)c(OC)cc2[N+](=O)[O-])sc2cc(C(=O)OCC)ccc21. The van der Waals surface area contributed by atoms with Gasteiger partial charge in [0.1, 0.15) is 5.56 Å². The summed E-state index contributed by atoms with van der Waals surface area (Å²) < 4.78 is 17.5. The Morgan fingerprint density at radius 2 is 1.91 bits per heavy atom. The van der Waals surface area contributed by atoms with Crippen molar-refractivity contribution in [2.75, 3.05) is 20.8 Å². The number of hydrogen-bond donors (Lipinski definition) is 0. The van der Waals surface area contributed by atoms with Crippen LogP contribution in [0.3, 0.4) is 0 Å². The molecule has 1 aromatic heterocycles. The monoisotopic (exact) mass is 469 g/mol. The molecule has 1 amide bonds. The Morgan fingerprint density at radius 3 is 2.52 bits per heavy atom. The van der Waals surface area contributed by atoms with Crippen molar-refractivity contribution in [3.63, 3.8) is 0 Å². The summed E-state index contributed by atoms with van der Waals surface area (Å²) in [6.45, 7) is 2.04. The molecule has 0 fully saturated rings. The predicted octanol–water partition coefficient (Wildman–Crippen LogP) is 3.18. The molecule has 11 heteroatoms. The van der Waals surface area contributed by atoms with Gasteiger partial charge in [0.25, 0.3) is 11.6 Å². The van der Waals surface area contributed by atoms with E-state index in [-0.39, 0.29) is 35.0 Å². The predicted molar refractivity (Wildman–Crippen MR) is 121 cm³/mol. The van der Waals surface area contributed by atoms with Crippen LogP contribution in [0.15, 0.2) is 35.3 Å². The maximum Gasteiger partial charge on any atom is 0.338 e. The molecule has 0 N–H and O–H groups in total. The quantitative estimate of drug-likeness (QED) is 0.225. The van der Waals surface area contributed by atoms with Crippen LogP contribution in [0.5, 0.6) is 11.5 Å². The number of ether oxygens (including phenoxy) is 3. The third-order valence-electron chi connectivity index (χ3n) is 4.57. The van der Waals surface area contributed by atoms with Crippen LogP contribution < -0.4 is 14.3 Å². The maximum absolute atomic E-state index is 13.0. The molecule has 3 aromatic rings. The number of nitrogens with zero attached hydrogens (tertiary/aromatic N) is 3. The number of amides is 1. The second-order valence-corrected chi connectivity index (χ2v) is 7.49. The van der Waals surface area contributed by atoms with E-state index in [4.69, 9.17) is 20.6 Å². The number of carbonyl (C=O) groups is 2. The van der Waals surface area contributed by atoms with Crippen LogP contribution in [0, 0.1) is 22.5 Å². The molecule has 0 radical (unpaired) electrons. The molecule has 0 bridgehead atoms. The molecule has 0 unspecified atom stereocenters. The molecule has 0 aliphatic carbocycles. The number of hydrogen-bond acceptors (Lipinski definition) is 8. The lowest BCUT2D eigenvalue weighted by atomic mass is 10.1. The molecule has 10 nitrogen and oxygen atoms in total. The average molecular weight is 469 g/mol. The molecule has 0 aliphatic heterocycles. The van der Waals surface area contributed by atoms with Crippen LogP contribution in [-0.4, -0.2) is 42.2 Å². The van der Waals surface area contributed by atoms with E-state index in [1.54, 1.807) is 29.7 Å². The van der Waals surface area contributed by atoms with Gasteiger partial charge in [-0.05, 0) is 25.1 Å². The summed E-state index contributed by atoms with van der Waals surface area (Å²) in [5.74, 6) is 1.42. The first kappa shape index (κ1) is 23.5. The first-order valence-corrected chi connectivity index (χ1v) is 10.4. The molecule has 1 heterocycles. The molecule has 0 aliphatic rings. The van der Waals surface area contributed by atoms with Crippen LogP contribution in [0.4, 0.5) is 5.69 Å². The Labute approximate surface area is 192 Å². The number of methoxy groups -OCH3 is 2. The summed E-state index contributed by atoms with van der Waals surface area (Å²) >= 11 is 1.11. The Bertz CT molecular complexity index is 1360. The van der Waals surface area contributed by atoms with Crippen molar-refractivity contribution in [3.8, 4) is 23.8 Å². The summed E-state index contributed by atoms with van der Waals surface area (Å²) in [7, 11) is 2.68. The van der Waals surface area contributed by atoms with Crippen molar-refractivity contribution in [1.82, 2.24) is 4.57 Å². The van der Waals surface area contributed by atoms with E-state index in [1.807, 2.05) is 0 Å². The minimum Gasteiger partial charge on any atom is -0.493 e. The minimum absolute atomic E-state index is 0.0961. The smallest absolute Gasteiger partial charge is 0.338 e. The summed E-state index contributed by atoms with van der Waals surface area (Å²) in [5, 5.41) is 11.6. The van der Waals surface area contributed by atoms with Gasteiger partial charge in [0.2, 0.25) is 0 Å². The molecule has 0 saturated heterocycles. The molecule has 2 aromatic carbocycles. The van der Waals surface area contributed by atoms with E-state index in [2.05, 4.69) is 10.9 Å². The Morgan fingerprint density at radius 1 is 1.21 bits per heavy atom. The highest BCUT2D eigenvalue weighted by Crippen LogP contribution is 2.34. The molecular weight excluding hydrogens is 450 g/mol. The lowest BCUT2D eigenvalue weighted by molar-refractivity contribution is -0.385. The van der Waals surface area contributed by atoms with Crippen molar-refractivity contribution in [1.29, 1.82) is 0 Å². The summed E-state index contributed by atoms with van der Waals surface area (Å²) in [4.78, 5) is 40.2. The number of rotatable bonds is 7. The van der Waals surface area contributed by atoms with Gasteiger partial charge in [-0.1, -0.05) is 17.3 Å². The van der Waals surface area contributed by atoms with Crippen molar-refractivity contribution < 1.29 is 28.7 Å². The van der Waals surface area contributed by atoms with Crippen LogP contribution in [0.25, 0.3) is 10.2 Å². The number of benzene rings is 2. The Hall–Kier alpha value is -4.17. The van der Waals surface area contributed by atoms with Crippen molar-refractivity contribution in [2.24, 2.45) is 4.99 Å². The van der Waals surface area contributed by atoms with Crippen molar-refractivity contribution in [2.45, 2.75) is 13.5 Å². The Balaban J connectivity index is 2.18. The van der Waals surface area contributed by atoms with Crippen molar-refractivity contribution >= 4 is 39.1 Å². The van der Waals surface area contributed by atoms with Gasteiger partial charge in [0.15, 0.2) is 16.3 Å². The fraction of sp³-hybridized carbons (Fsp3) is 0.227. The van der Waals surface area contributed by atoms with Crippen LogP contribution in [0.1, 0.15) is 27.6 Å². The van der Waals surface area contributed by atoms with Gasteiger partial charge in [0.05, 0.1) is 54.1 Å². The highest BCUT2D eigenvalue weighted by atomic mass is 32.1. The minimum atomic E-state index is -0.856. The topological polar surface area (TPSA) is 122 Å². The number of esters is 1. The normalized spacial score (nSPS) is 11.2. The third-order valence-corrected chi connectivity index (χ3v) is 5.61. The first-order chi connectivity index (χ1) is 15.8. The van der Waals surface area contributed by atoms with Crippen LogP contribution in [0.2, 0.25) is 0 Å². The van der Waals surface area contributed by atoms with E-state index >= 15 is 0 Å². The number of nitro benzene ring substituents is 1. The average Bonchev–Trinajstić information content (AvgIpc) is 3.14. The number of fused-ring (bicyclic) bond motifs is 1. The second kappa shape index (κ2) is 9.97. The fourth-order valence-corrected chi connectivity index (χ4v) is 4.15. The second-order valence-electron chi connectivity index (χ2n) is 6.48. The van der Waals surface area contributed by atoms with Crippen LogP contribution in [-0.2, 0) is 11.3 Å². The lowest BCUT2D eigenvalue weighted by Gasteiger charge is -2.08. The van der Waals surface area contributed by atoms with Gasteiger partial charge in [-0.3, -0.25) is 14.9 Å². The summed E-state index contributed by atoms with van der Waals surface area (Å²) in [6, 6.07) is 7.20. The number of carbonyl (C=O) groups excluding carboxylic acids is 2. The lowest BCUT2D eigenvalue weighted by Crippen LogP contribution is -2.17. The third kappa shape index (κ3) is 4.70. The molecule has 0 saturated carbocycles. The van der Waals surface area contributed by atoms with Gasteiger partial charge in [0, 0.05) is 6.07 Å². The molecule has 3 rings (SSSR count). The zero-order chi connectivity index (χ0) is 24.1. The zero-order valence-corrected chi connectivity index (χ0v) is 18.8. The van der Waals surface area contributed by atoms with Crippen LogP contribution >= 0.6 is 11.3 Å². The number of aromatic nitrogens is 1. The standard InChI is InChI=1S/C22H19N3O7S/c1-5-9-24-15-8-7-13(21(27)32-6-2)10-19(15)33-22(24)23-20(26)14-11-17(30-3)18(31-4)12-16(14)25(28)29/h1,7-8,10-12H,6,9H2,2-4H3. The highest BCUT2D eigenvalue weighted by molar-refractivity contribution is 7.16. The highest BCUT2D eigenvalue weighted by Gasteiger charge is 2.25. The maximum atomic E-state index is 13.0. The van der Waals surface area contributed by atoms with E-state index in [1.165, 1.54) is 20.3 Å². The number of nitro groups is 1. The molecular formula is C22H19N3O7S. The van der Waals surface area contributed by atoms with Gasteiger partial charge in [-0.15, -0.1) is 6.42 Å². The van der Waals surface area contributed by atoms with E-state index < -0.39 is 22.5 Å². The van der Waals surface area contributed by atoms with Gasteiger partial charge in [-0.2, -0.15) is 4.99 Å².